The number of aliphatic hydroxyl groups excluding tert-OH is 1. The van der Waals surface area contributed by atoms with Crippen molar-refractivity contribution in [1.29, 1.82) is 0 Å². The summed E-state index contributed by atoms with van der Waals surface area (Å²) in [6.45, 7) is -0.627. The minimum atomic E-state index is -3.90. The van der Waals surface area contributed by atoms with Gasteiger partial charge in [-0.2, -0.15) is 8.42 Å². The topological polar surface area (TPSA) is 102 Å². The van der Waals surface area contributed by atoms with Gasteiger partial charge in [0.1, 0.15) is 0 Å². The highest BCUT2D eigenvalue weighted by Crippen LogP contribution is 2.11. The number of nitrogens with one attached hydrogen (secondary N) is 1. The van der Waals surface area contributed by atoms with E-state index in [4.69, 9.17) is 0 Å². The first-order valence-electron chi connectivity index (χ1n) is 5.40. The van der Waals surface area contributed by atoms with Crippen molar-refractivity contribution in [2.75, 3.05) is 20.3 Å². The first kappa shape index (κ1) is 15.4. The Balaban J connectivity index is 2.46. The molecule has 7 nitrogen and oxygen atoms in total. The summed E-state index contributed by atoms with van der Waals surface area (Å²) in [5.41, 5.74) is 0. The first-order valence-corrected chi connectivity index (χ1v) is 6.81. The van der Waals surface area contributed by atoms with Gasteiger partial charge in [-0.05, 0) is 12.1 Å². The molecule has 1 aromatic carbocycles. The van der Waals surface area contributed by atoms with Crippen LogP contribution in [0.2, 0.25) is 0 Å². The first-order chi connectivity index (χ1) is 8.95. The van der Waals surface area contributed by atoms with Gasteiger partial charge in [0.2, 0.25) is 0 Å². The zero-order valence-corrected chi connectivity index (χ0v) is 11.1. The standard InChI is InChI=1S/C11H15NO6S/c1-17-11(14)12-7-9(13)8-18-19(15,16)10-5-3-2-4-6-10/h2-6,9,13H,7-8H2,1H3,(H,12,14). The highest BCUT2D eigenvalue weighted by atomic mass is 32.2. The number of aliphatic hydroxyl groups is 1. The highest BCUT2D eigenvalue weighted by molar-refractivity contribution is 7.86. The van der Waals surface area contributed by atoms with Crippen molar-refractivity contribution in [2.45, 2.75) is 11.0 Å². The molecule has 0 saturated heterocycles. The molecule has 0 aliphatic heterocycles. The summed E-state index contributed by atoms with van der Waals surface area (Å²) in [4.78, 5) is 10.7. The molecule has 1 unspecified atom stereocenters. The van der Waals surface area contributed by atoms with Gasteiger partial charge in [0.25, 0.3) is 10.1 Å². The number of benzene rings is 1. The molecule has 0 bridgehead atoms. The summed E-state index contributed by atoms with van der Waals surface area (Å²) in [6.07, 6.45) is -1.87. The SMILES string of the molecule is COC(=O)NCC(O)COS(=O)(=O)c1ccccc1. The number of amides is 1. The van der Waals surface area contributed by atoms with Crippen molar-refractivity contribution in [2.24, 2.45) is 0 Å². The van der Waals surface area contributed by atoms with Gasteiger partial charge in [-0.1, -0.05) is 18.2 Å². The molecule has 0 aromatic heterocycles. The zero-order valence-electron chi connectivity index (χ0n) is 10.3. The van der Waals surface area contributed by atoms with E-state index in [1.807, 2.05) is 0 Å². The quantitative estimate of drug-likeness (QED) is 0.721. The molecule has 0 fully saturated rings. The number of carbonyl (C=O) groups is 1. The van der Waals surface area contributed by atoms with Gasteiger partial charge < -0.3 is 15.2 Å². The maximum absolute atomic E-state index is 11.7. The van der Waals surface area contributed by atoms with Gasteiger partial charge in [0, 0.05) is 6.54 Å². The van der Waals surface area contributed by atoms with Crippen LogP contribution in [0.15, 0.2) is 35.2 Å². The molecule has 0 aliphatic rings. The maximum Gasteiger partial charge on any atom is 0.406 e. The smallest absolute Gasteiger partial charge is 0.406 e. The molecule has 0 spiro atoms. The molecule has 1 amide bonds. The fourth-order valence-corrected chi connectivity index (χ4v) is 2.12. The van der Waals surface area contributed by atoms with Gasteiger partial charge in [0.15, 0.2) is 0 Å². The molecule has 2 N–H and O–H groups in total. The van der Waals surface area contributed by atoms with Crippen LogP contribution in [0.1, 0.15) is 0 Å². The minimum Gasteiger partial charge on any atom is -0.453 e. The monoisotopic (exact) mass is 289 g/mol. The van der Waals surface area contributed by atoms with Crippen LogP contribution in [0.25, 0.3) is 0 Å². The van der Waals surface area contributed by atoms with E-state index in [1.165, 1.54) is 19.2 Å². The maximum atomic E-state index is 11.7. The number of rotatable bonds is 6. The molecule has 19 heavy (non-hydrogen) atoms. The molecule has 0 heterocycles. The molecular weight excluding hydrogens is 274 g/mol. The Hall–Kier alpha value is -1.64. The van der Waals surface area contributed by atoms with E-state index in [2.05, 4.69) is 14.2 Å². The van der Waals surface area contributed by atoms with Crippen molar-refractivity contribution in [3.8, 4) is 0 Å². The number of ether oxygens (including phenoxy) is 1. The second-order valence-corrected chi connectivity index (χ2v) is 5.19. The van der Waals surface area contributed by atoms with E-state index >= 15 is 0 Å². The van der Waals surface area contributed by atoms with Gasteiger partial charge in [0.05, 0.1) is 24.7 Å². The summed E-state index contributed by atoms with van der Waals surface area (Å²) in [7, 11) is -2.72. The largest absolute Gasteiger partial charge is 0.453 e. The van der Waals surface area contributed by atoms with Gasteiger partial charge in [-0.15, -0.1) is 0 Å². The Kier molecular flexibility index (Phi) is 5.74. The van der Waals surface area contributed by atoms with Crippen molar-refractivity contribution in [3.63, 3.8) is 0 Å². The Morgan fingerprint density at radius 2 is 2.00 bits per heavy atom. The zero-order chi connectivity index (χ0) is 14.3. The fraction of sp³-hybridized carbons (Fsp3) is 0.364. The van der Waals surface area contributed by atoms with Crippen molar-refractivity contribution < 1.29 is 27.2 Å². The molecule has 0 aliphatic carbocycles. The van der Waals surface area contributed by atoms with Crippen LogP contribution in [0.5, 0.6) is 0 Å². The van der Waals surface area contributed by atoms with Crippen LogP contribution < -0.4 is 5.32 Å². The lowest BCUT2D eigenvalue weighted by Crippen LogP contribution is -2.35. The van der Waals surface area contributed by atoms with Crippen molar-refractivity contribution >= 4 is 16.2 Å². The predicted octanol–water partition coefficient (Wildman–Crippen LogP) is 0.109. The van der Waals surface area contributed by atoms with E-state index in [1.54, 1.807) is 18.2 Å². The summed E-state index contributed by atoms with van der Waals surface area (Å²) in [5, 5.41) is 11.7. The normalized spacial score (nSPS) is 12.7. The van der Waals surface area contributed by atoms with Crippen molar-refractivity contribution in [1.82, 2.24) is 5.32 Å². The van der Waals surface area contributed by atoms with Crippen LogP contribution in [0, 0.1) is 0 Å². The van der Waals surface area contributed by atoms with Crippen LogP contribution >= 0.6 is 0 Å². The molecule has 106 valence electrons. The number of methoxy groups -OCH3 is 1. The van der Waals surface area contributed by atoms with Crippen LogP contribution in [0.4, 0.5) is 4.79 Å². The Morgan fingerprint density at radius 1 is 1.37 bits per heavy atom. The second-order valence-electron chi connectivity index (χ2n) is 3.58. The summed E-state index contributed by atoms with van der Waals surface area (Å²) in [5.74, 6) is 0. The van der Waals surface area contributed by atoms with Gasteiger partial charge in [-0.3, -0.25) is 4.18 Å². The summed E-state index contributed by atoms with van der Waals surface area (Å²) >= 11 is 0. The molecule has 8 heteroatoms. The van der Waals surface area contributed by atoms with Crippen molar-refractivity contribution in [3.05, 3.63) is 30.3 Å². The van der Waals surface area contributed by atoms with E-state index in [0.717, 1.165) is 0 Å². The van der Waals surface area contributed by atoms with E-state index in [-0.39, 0.29) is 11.4 Å². The average Bonchev–Trinajstić information content (AvgIpc) is 2.43. The second kappa shape index (κ2) is 7.07. The third-order valence-electron chi connectivity index (χ3n) is 2.11. The number of hydrogen-bond donors (Lipinski definition) is 2. The molecule has 1 atom stereocenters. The van der Waals surface area contributed by atoms with E-state index in [9.17, 15) is 18.3 Å². The third kappa shape index (κ3) is 5.25. The summed E-state index contributed by atoms with van der Waals surface area (Å²) in [6, 6.07) is 7.56. The average molecular weight is 289 g/mol. The number of hydrogen-bond acceptors (Lipinski definition) is 6. The molecule has 0 saturated carbocycles. The van der Waals surface area contributed by atoms with Crippen LogP contribution in [0.3, 0.4) is 0 Å². The fourth-order valence-electron chi connectivity index (χ4n) is 1.16. The summed E-state index contributed by atoms with van der Waals surface area (Å²) < 4.78 is 32.3. The van der Waals surface area contributed by atoms with Crippen LogP contribution in [-0.4, -0.2) is 46.0 Å². The lowest BCUT2D eigenvalue weighted by atomic mass is 10.4. The third-order valence-corrected chi connectivity index (χ3v) is 3.41. The number of carbonyl (C=O) groups excluding carboxylic acids is 1. The molecule has 0 radical (unpaired) electrons. The van der Waals surface area contributed by atoms with Crippen LogP contribution in [-0.2, 0) is 19.0 Å². The molecule has 1 aromatic rings. The Bertz CT molecular complexity index is 501. The minimum absolute atomic E-state index is 0.00290. The Morgan fingerprint density at radius 3 is 2.58 bits per heavy atom. The highest BCUT2D eigenvalue weighted by Gasteiger charge is 2.17. The van der Waals surface area contributed by atoms with E-state index in [0.29, 0.717) is 0 Å². The van der Waals surface area contributed by atoms with Gasteiger partial charge >= 0.3 is 6.09 Å². The lowest BCUT2D eigenvalue weighted by molar-refractivity contribution is 0.105. The predicted molar refractivity (Wildman–Crippen MR) is 66.0 cm³/mol. The number of alkyl carbamates (subject to hydrolysis) is 1. The lowest BCUT2D eigenvalue weighted by Gasteiger charge is -2.11. The van der Waals surface area contributed by atoms with Gasteiger partial charge in [-0.25, -0.2) is 4.79 Å². The molecular formula is C11H15NO6S. The molecule has 1 rings (SSSR count). The van der Waals surface area contributed by atoms with E-state index < -0.39 is 28.9 Å². The Labute approximate surface area is 111 Å².